The summed E-state index contributed by atoms with van der Waals surface area (Å²) in [5.74, 6) is 5.44. The number of carbonyl (C=O) groups excluding carboxylic acids is 1. The van der Waals surface area contributed by atoms with Gasteiger partial charge in [0, 0.05) is 42.7 Å². The van der Waals surface area contributed by atoms with E-state index in [2.05, 4.69) is 17.2 Å². The minimum Gasteiger partial charge on any atom is -0.487 e. The van der Waals surface area contributed by atoms with Gasteiger partial charge in [0.25, 0.3) is 0 Å². The van der Waals surface area contributed by atoms with E-state index in [1.54, 1.807) is 43.1 Å². The number of likely N-dealkylation sites (N-methyl/N-ethyl adjacent to an activating group) is 1. The van der Waals surface area contributed by atoms with Crippen LogP contribution in [0.25, 0.3) is 0 Å². The van der Waals surface area contributed by atoms with Crippen LogP contribution in [0.1, 0.15) is 57.1 Å². The van der Waals surface area contributed by atoms with Crippen LogP contribution in [0, 0.1) is 23.6 Å². The maximum absolute atomic E-state index is 13.7. The molecular weight excluding hydrogens is 533 g/mol. The molecule has 1 aliphatic carbocycles. The molecule has 0 saturated heterocycles. The number of nitrogens with one attached hydrogen (secondary N) is 1. The summed E-state index contributed by atoms with van der Waals surface area (Å²) in [6, 6.07) is 9.75. The summed E-state index contributed by atoms with van der Waals surface area (Å²) >= 11 is 0. The predicted octanol–water partition coefficient (Wildman–Crippen LogP) is 3.97. The second kappa shape index (κ2) is 13.0. The van der Waals surface area contributed by atoms with Crippen molar-refractivity contribution in [3.63, 3.8) is 0 Å². The molecule has 0 unspecified atom stereocenters. The second-order valence-electron chi connectivity index (χ2n) is 10.8. The predicted molar refractivity (Wildman–Crippen MR) is 151 cm³/mol. The molecule has 0 aromatic heterocycles. The molecule has 2 N–H and O–H groups in total. The zero-order chi connectivity index (χ0) is 28.9. The average Bonchev–Trinajstić information content (AvgIpc) is 2.94. The number of carbonyl (C=O) groups is 1. The first-order valence-electron chi connectivity index (χ1n) is 13.8. The van der Waals surface area contributed by atoms with Crippen LogP contribution >= 0.6 is 0 Å². The van der Waals surface area contributed by atoms with Crippen molar-refractivity contribution in [3.05, 3.63) is 59.4 Å². The minimum absolute atomic E-state index is 0.0219. The Morgan fingerprint density at radius 1 is 1.15 bits per heavy atom. The number of hydrogen-bond acceptors (Lipinski definition) is 5. The van der Waals surface area contributed by atoms with Gasteiger partial charge in [0.05, 0.1) is 13.2 Å². The molecule has 4 rings (SSSR count). The van der Waals surface area contributed by atoms with Crippen molar-refractivity contribution in [1.29, 1.82) is 0 Å². The Morgan fingerprint density at radius 2 is 1.80 bits per heavy atom. The summed E-state index contributed by atoms with van der Waals surface area (Å²) in [5, 5.41) is 13.0. The fraction of sp³-hybridized carbons (Fsp3) is 0.500. The Bertz CT molecular complexity index is 1350. The zero-order valence-corrected chi connectivity index (χ0v) is 24.1. The Kier molecular flexibility index (Phi) is 9.72. The lowest BCUT2D eigenvalue weighted by Gasteiger charge is -2.37. The van der Waals surface area contributed by atoms with E-state index in [1.807, 2.05) is 6.92 Å². The average molecular weight is 572 g/mol. The van der Waals surface area contributed by atoms with E-state index in [0.717, 1.165) is 25.7 Å². The Morgan fingerprint density at radius 3 is 2.48 bits per heavy atom. The third kappa shape index (κ3) is 7.14. The number of aliphatic hydroxyl groups is 1. The quantitative estimate of drug-likeness (QED) is 0.530. The molecule has 2 aliphatic rings. The number of halogens is 1. The van der Waals surface area contributed by atoms with Crippen molar-refractivity contribution < 1.29 is 27.4 Å². The van der Waals surface area contributed by atoms with E-state index >= 15 is 0 Å². The van der Waals surface area contributed by atoms with Gasteiger partial charge >= 0.3 is 6.03 Å². The van der Waals surface area contributed by atoms with Crippen molar-refractivity contribution in [2.24, 2.45) is 5.92 Å². The number of hydrogen-bond donors (Lipinski definition) is 2. The number of urea groups is 1. The number of ether oxygens (including phenoxy) is 1. The van der Waals surface area contributed by atoms with Crippen LogP contribution in [0.5, 0.6) is 5.75 Å². The lowest BCUT2D eigenvalue weighted by Crippen LogP contribution is -2.52. The highest BCUT2D eigenvalue weighted by atomic mass is 32.2. The van der Waals surface area contributed by atoms with E-state index in [9.17, 15) is 22.7 Å². The number of rotatable bonds is 5. The molecule has 0 radical (unpaired) electrons. The molecule has 0 spiro atoms. The highest BCUT2D eigenvalue weighted by molar-refractivity contribution is 7.89. The summed E-state index contributed by atoms with van der Waals surface area (Å²) in [4.78, 5) is 14.6. The van der Waals surface area contributed by atoms with E-state index in [0.29, 0.717) is 11.1 Å². The molecule has 1 heterocycles. The molecule has 216 valence electrons. The number of nitrogens with zero attached hydrogens (tertiary/aromatic N) is 2. The van der Waals surface area contributed by atoms with E-state index in [4.69, 9.17) is 4.74 Å². The molecule has 2 amide bonds. The standard InChI is InChI=1S/C30H38FN3O5S/c1-21-18-34(22(2)20-35)40(37,38)29-16-13-24(10-9-23-11-14-25(31)15-12-23)17-27(29)39-28(21)19-33(3)30(36)32-26-7-5-4-6-8-26/h11-17,21-22,26,28,35H,4-8,18-20H2,1-3H3,(H,32,36)/t21-,22-,28+/m1/s1. The smallest absolute Gasteiger partial charge is 0.317 e. The first-order chi connectivity index (χ1) is 19.1. The lowest BCUT2D eigenvalue weighted by atomic mass is 9.96. The maximum Gasteiger partial charge on any atom is 0.317 e. The molecule has 3 atom stereocenters. The third-order valence-electron chi connectivity index (χ3n) is 7.60. The molecule has 0 bridgehead atoms. The summed E-state index contributed by atoms with van der Waals surface area (Å²) < 4.78 is 48.3. The van der Waals surface area contributed by atoms with Gasteiger partial charge in [-0.2, -0.15) is 4.31 Å². The van der Waals surface area contributed by atoms with Crippen molar-refractivity contribution in [2.45, 2.75) is 69.0 Å². The largest absolute Gasteiger partial charge is 0.487 e. The molecule has 2 aromatic rings. The summed E-state index contributed by atoms with van der Waals surface area (Å²) in [7, 11) is -2.29. The fourth-order valence-electron chi connectivity index (χ4n) is 5.08. The van der Waals surface area contributed by atoms with Gasteiger partial charge in [-0.25, -0.2) is 17.6 Å². The van der Waals surface area contributed by atoms with E-state index in [-0.39, 0.29) is 54.1 Å². The lowest BCUT2D eigenvalue weighted by molar-refractivity contribution is 0.0806. The van der Waals surface area contributed by atoms with Crippen molar-refractivity contribution >= 4 is 16.1 Å². The first kappa shape index (κ1) is 29.8. The first-order valence-corrected chi connectivity index (χ1v) is 15.2. The summed E-state index contributed by atoms with van der Waals surface area (Å²) in [6.07, 6.45) is 4.82. The van der Waals surface area contributed by atoms with Gasteiger partial charge < -0.3 is 20.1 Å². The molecule has 1 fully saturated rings. The van der Waals surface area contributed by atoms with Gasteiger partial charge in [-0.1, -0.05) is 38.0 Å². The summed E-state index contributed by atoms with van der Waals surface area (Å²) in [6.45, 7) is 3.57. The number of sulfonamides is 1. The zero-order valence-electron chi connectivity index (χ0n) is 23.3. The van der Waals surface area contributed by atoms with Gasteiger partial charge in [0.2, 0.25) is 10.0 Å². The fourth-order valence-corrected chi connectivity index (χ4v) is 6.91. The number of benzene rings is 2. The van der Waals surface area contributed by atoms with Gasteiger partial charge in [-0.05, 0) is 62.2 Å². The van der Waals surface area contributed by atoms with Crippen LogP contribution in [-0.2, 0) is 10.0 Å². The number of fused-ring (bicyclic) bond motifs is 1. The van der Waals surface area contributed by atoms with Crippen LogP contribution in [0.15, 0.2) is 47.4 Å². The van der Waals surface area contributed by atoms with Crippen LogP contribution in [0.3, 0.4) is 0 Å². The van der Waals surface area contributed by atoms with Gasteiger partial charge in [0.15, 0.2) is 0 Å². The van der Waals surface area contributed by atoms with E-state index in [1.165, 1.54) is 28.9 Å². The van der Waals surface area contributed by atoms with Crippen molar-refractivity contribution in [2.75, 3.05) is 26.7 Å². The van der Waals surface area contributed by atoms with Crippen LogP contribution < -0.4 is 10.1 Å². The van der Waals surface area contributed by atoms with Crippen LogP contribution in [0.2, 0.25) is 0 Å². The van der Waals surface area contributed by atoms with Crippen LogP contribution in [0.4, 0.5) is 9.18 Å². The third-order valence-corrected chi connectivity index (χ3v) is 9.62. The molecule has 2 aromatic carbocycles. The molecule has 8 nitrogen and oxygen atoms in total. The maximum atomic E-state index is 13.7. The highest BCUT2D eigenvalue weighted by Crippen LogP contribution is 2.34. The van der Waals surface area contributed by atoms with Crippen LogP contribution in [-0.4, -0.2) is 73.7 Å². The minimum atomic E-state index is -4.00. The van der Waals surface area contributed by atoms with Gasteiger partial charge in [-0.3, -0.25) is 0 Å². The normalized spacial score (nSPS) is 21.9. The molecule has 40 heavy (non-hydrogen) atoms. The second-order valence-corrected chi connectivity index (χ2v) is 12.7. The topological polar surface area (TPSA) is 99.2 Å². The Balaban J connectivity index is 1.64. The van der Waals surface area contributed by atoms with Crippen molar-refractivity contribution in [3.8, 4) is 17.6 Å². The number of amides is 2. The monoisotopic (exact) mass is 571 g/mol. The number of aliphatic hydroxyl groups excluding tert-OH is 1. The molecule has 1 saturated carbocycles. The Labute approximate surface area is 236 Å². The SMILES string of the molecule is C[C@@H]1CN([C@H](C)CO)S(=O)(=O)c2ccc(C#Cc3ccc(F)cc3)cc2O[C@H]1CN(C)C(=O)NC1CCCCC1. The van der Waals surface area contributed by atoms with Gasteiger partial charge in [0.1, 0.15) is 22.6 Å². The molecule has 10 heteroatoms. The highest BCUT2D eigenvalue weighted by Gasteiger charge is 2.38. The summed E-state index contributed by atoms with van der Waals surface area (Å²) in [5.41, 5.74) is 1.14. The van der Waals surface area contributed by atoms with E-state index < -0.39 is 22.2 Å². The van der Waals surface area contributed by atoms with Gasteiger partial charge in [-0.15, -0.1) is 0 Å². The molecular formula is C30H38FN3O5S. The Hall–Kier alpha value is -3.13. The van der Waals surface area contributed by atoms with Crippen molar-refractivity contribution in [1.82, 2.24) is 14.5 Å². The molecule has 1 aliphatic heterocycles.